The van der Waals surface area contributed by atoms with E-state index < -0.39 is 23.2 Å². The first-order chi connectivity index (χ1) is 19.6. The lowest BCUT2D eigenvalue weighted by Gasteiger charge is -2.42. The van der Waals surface area contributed by atoms with Crippen molar-refractivity contribution in [2.75, 3.05) is 13.2 Å². The van der Waals surface area contributed by atoms with Gasteiger partial charge in [0.25, 0.3) is 0 Å². The molecule has 0 aliphatic heterocycles. The lowest BCUT2D eigenvalue weighted by molar-refractivity contribution is -0.139. The fourth-order valence-corrected chi connectivity index (χ4v) is 6.39. The van der Waals surface area contributed by atoms with Crippen molar-refractivity contribution in [1.82, 2.24) is 4.98 Å². The molecule has 3 N–H and O–H groups in total. The van der Waals surface area contributed by atoms with Crippen LogP contribution in [0, 0.1) is 29.4 Å². The number of hydrogen-bond acceptors (Lipinski definition) is 6. The molecule has 0 bridgehead atoms. The fraction of sp³-hybridized carbons (Fsp3) is 0.438. The predicted molar refractivity (Wildman–Crippen MR) is 148 cm³/mol. The van der Waals surface area contributed by atoms with Gasteiger partial charge in [-0.15, -0.1) is 0 Å². The summed E-state index contributed by atoms with van der Waals surface area (Å²) in [6.45, 7) is 7.45. The Balaban J connectivity index is 1.28. The first-order valence-corrected chi connectivity index (χ1v) is 13.9. The molecule has 2 fully saturated rings. The van der Waals surface area contributed by atoms with Gasteiger partial charge in [-0.1, -0.05) is 13.5 Å². The summed E-state index contributed by atoms with van der Waals surface area (Å²) in [6, 6.07) is 4.10. The van der Waals surface area contributed by atoms with Crippen molar-refractivity contribution in [3.63, 3.8) is 0 Å². The highest BCUT2D eigenvalue weighted by Gasteiger charge is 2.60. The molecule has 0 spiro atoms. The highest BCUT2D eigenvalue weighted by molar-refractivity contribution is 5.77. The van der Waals surface area contributed by atoms with Gasteiger partial charge in [0, 0.05) is 35.4 Å². The van der Waals surface area contributed by atoms with Gasteiger partial charge in [0.2, 0.25) is 5.88 Å². The van der Waals surface area contributed by atoms with Crippen LogP contribution in [0.4, 0.5) is 8.78 Å². The van der Waals surface area contributed by atoms with Crippen molar-refractivity contribution in [3.8, 4) is 5.88 Å². The molecule has 9 heteroatoms. The van der Waals surface area contributed by atoms with Crippen molar-refractivity contribution >= 4 is 11.5 Å². The Bertz CT molecular complexity index is 1430. The second-order valence-electron chi connectivity index (χ2n) is 11.4. The van der Waals surface area contributed by atoms with Crippen molar-refractivity contribution in [3.05, 3.63) is 88.3 Å². The number of nitrogens with zero attached hydrogens (tertiary/aromatic N) is 1. The van der Waals surface area contributed by atoms with Crippen LogP contribution in [-0.4, -0.2) is 45.1 Å². The summed E-state index contributed by atoms with van der Waals surface area (Å²) in [5.41, 5.74) is 2.77. The largest absolute Gasteiger partial charge is 0.493 e. The summed E-state index contributed by atoms with van der Waals surface area (Å²) in [5, 5.41) is 28.5. The maximum absolute atomic E-state index is 15.0. The molecule has 7 nitrogen and oxygen atoms in total. The summed E-state index contributed by atoms with van der Waals surface area (Å²) in [4.78, 5) is 15.6. The molecule has 3 atom stereocenters. The zero-order valence-corrected chi connectivity index (χ0v) is 23.2. The van der Waals surface area contributed by atoms with Crippen molar-refractivity contribution < 1.29 is 38.4 Å². The van der Waals surface area contributed by atoms with E-state index in [1.165, 1.54) is 6.07 Å². The van der Waals surface area contributed by atoms with Crippen molar-refractivity contribution in [1.29, 1.82) is 0 Å². The highest BCUT2D eigenvalue weighted by Crippen LogP contribution is 2.61. The van der Waals surface area contributed by atoms with Crippen molar-refractivity contribution in [2.24, 2.45) is 17.8 Å². The quantitative estimate of drug-likeness (QED) is 0.236. The average molecular weight is 568 g/mol. The zero-order valence-electron chi connectivity index (χ0n) is 23.2. The minimum absolute atomic E-state index is 0.00850. The smallest absolute Gasteiger partial charge is 0.307 e. The zero-order chi connectivity index (χ0) is 29.5. The predicted octanol–water partition coefficient (Wildman–Crippen LogP) is 5.31. The van der Waals surface area contributed by atoms with Gasteiger partial charge in [-0.25, -0.2) is 13.8 Å². The van der Waals surface area contributed by atoms with Crippen LogP contribution in [0.15, 0.2) is 54.5 Å². The molecule has 1 aromatic carbocycles. The highest BCUT2D eigenvalue weighted by atomic mass is 19.1. The molecule has 0 unspecified atom stereocenters. The molecular formula is C32H35F2NO6. The Kier molecular flexibility index (Phi) is 8.03. The van der Waals surface area contributed by atoms with E-state index >= 15 is 4.39 Å². The van der Waals surface area contributed by atoms with Crippen LogP contribution in [0.5, 0.6) is 5.88 Å². The first-order valence-electron chi connectivity index (χ1n) is 13.9. The Morgan fingerprint density at radius 1 is 1.24 bits per heavy atom. The number of aliphatic hydroxyl groups excluding tert-OH is 1. The number of ether oxygens (including phenoxy) is 2. The van der Waals surface area contributed by atoms with Crippen LogP contribution in [0.2, 0.25) is 0 Å². The molecule has 0 radical (unpaired) electrons. The maximum atomic E-state index is 15.0. The number of carbonyl (C=O) groups is 1. The Morgan fingerprint density at radius 3 is 2.66 bits per heavy atom. The number of fused-ring (bicyclic) bond motifs is 3. The number of carboxylic acid groups (broad SMARTS) is 1. The number of benzene rings is 1. The van der Waals surface area contributed by atoms with Crippen LogP contribution >= 0.6 is 0 Å². The number of hydrogen-bond donors (Lipinski definition) is 3. The third-order valence-corrected chi connectivity index (χ3v) is 8.61. The van der Waals surface area contributed by atoms with E-state index in [0.29, 0.717) is 49.5 Å². The molecule has 2 saturated carbocycles. The van der Waals surface area contributed by atoms with E-state index in [1.807, 2.05) is 13.8 Å². The minimum atomic E-state index is -1.03. The summed E-state index contributed by atoms with van der Waals surface area (Å²) >= 11 is 0. The van der Waals surface area contributed by atoms with Gasteiger partial charge in [-0.05, 0) is 84.9 Å². The Hall–Kier alpha value is -3.56. The second-order valence-corrected chi connectivity index (χ2v) is 11.4. The number of allylic oxidation sites excluding steroid dienone is 4. The van der Waals surface area contributed by atoms with Gasteiger partial charge in [0.15, 0.2) is 0 Å². The lowest BCUT2D eigenvalue weighted by Crippen LogP contribution is -2.48. The van der Waals surface area contributed by atoms with Crippen molar-refractivity contribution in [2.45, 2.75) is 57.7 Å². The third-order valence-electron chi connectivity index (χ3n) is 8.61. The minimum Gasteiger partial charge on any atom is -0.493 e. The third kappa shape index (κ3) is 5.78. The molecule has 0 saturated heterocycles. The molecule has 3 aliphatic carbocycles. The molecule has 1 heterocycles. The molecule has 2 aromatic rings. The summed E-state index contributed by atoms with van der Waals surface area (Å²) in [5.74, 6) is -1.49. The average Bonchev–Trinajstić information content (AvgIpc) is 3.52. The molecule has 3 aliphatic rings. The number of aliphatic hydroxyl groups is 2. The van der Waals surface area contributed by atoms with Gasteiger partial charge in [0.1, 0.15) is 24.0 Å². The molecule has 0 amide bonds. The fourth-order valence-electron chi connectivity index (χ4n) is 6.39. The Morgan fingerprint density at radius 2 is 2.00 bits per heavy atom. The second kappa shape index (κ2) is 11.4. The van der Waals surface area contributed by atoms with Gasteiger partial charge in [0.05, 0.1) is 24.7 Å². The lowest BCUT2D eigenvalue weighted by atomic mass is 9.72. The normalized spacial score (nSPS) is 26.8. The summed E-state index contributed by atoms with van der Waals surface area (Å²) in [6.07, 6.45) is 7.02. The summed E-state index contributed by atoms with van der Waals surface area (Å²) in [7, 11) is 0. The maximum Gasteiger partial charge on any atom is 0.307 e. The van der Waals surface area contributed by atoms with E-state index in [1.54, 1.807) is 24.4 Å². The molecule has 41 heavy (non-hydrogen) atoms. The number of aliphatic carboxylic acids is 1. The van der Waals surface area contributed by atoms with E-state index in [2.05, 4.69) is 11.6 Å². The van der Waals surface area contributed by atoms with Gasteiger partial charge < -0.3 is 24.8 Å². The van der Waals surface area contributed by atoms with E-state index in [4.69, 9.17) is 9.47 Å². The topological polar surface area (TPSA) is 109 Å². The number of pyridine rings is 1. The first kappa shape index (κ1) is 29.0. The van der Waals surface area contributed by atoms with Crippen LogP contribution in [0.25, 0.3) is 5.57 Å². The van der Waals surface area contributed by atoms with Gasteiger partial charge >= 0.3 is 5.97 Å². The SMILES string of the molecule is C=C/C(=C\C(C)=C(/CC)c1cc(COc2cc3c(cn2)[C@H]2[C@@H](C3)[C@@H]2C(=O)O)c(F)cc1F)OCC1CC(O)(CO)C1. The molecular weight excluding hydrogens is 532 g/mol. The van der Waals surface area contributed by atoms with Crippen LogP contribution < -0.4 is 4.74 Å². The molecule has 218 valence electrons. The molecule has 1 aromatic heterocycles. The van der Waals surface area contributed by atoms with E-state index in [-0.39, 0.29) is 48.0 Å². The van der Waals surface area contributed by atoms with E-state index in [0.717, 1.165) is 22.8 Å². The van der Waals surface area contributed by atoms with Gasteiger partial charge in [-0.2, -0.15) is 0 Å². The molecule has 5 rings (SSSR count). The number of rotatable bonds is 12. The van der Waals surface area contributed by atoms with Crippen LogP contribution in [0.3, 0.4) is 0 Å². The Labute approximate surface area is 237 Å². The summed E-state index contributed by atoms with van der Waals surface area (Å²) < 4.78 is 41.4. The van der Waals surface area contributed by atoms with E-state index in [9.17, 15) is 24.5 Å². The number of halogens is 2. The monoisotopic (exact) mass is 567 g/mol. The number of aromatic nitrogens is 1. The number of carboxylic acids is 1. The van der Waals surface area contributed by atoms with Crippen LogP contribution in [-0.2, 0) is 22.6 Å². The van der Waals surface area contributed by atoms with Gasteiger partial charge in [-0.3, -0.25) is 4.79 Å². The standard InChI is InChI=1S/C32H35F2NO6/c1-4-21(40-14-18-11-32(39,12-18)16-36)6-17(3)22(5-2)23-8-20(26(33)10-27(23)34)15-41-28-9-19-7-24-29(25(19)13-35-28)30(24)31(37)38/h4,6,8-10,13,18,24,29-30,36,39H,1,5,7,11-12,14-16H2,2-3H3,(H,37,38)/b21-6+,22-17+/t18?,24-,29-,30+,32?/m1/s1. The van der Waals surface area contributed by atoms with Crippen LogP contribution in [0.1, 0.15) is 61.3 Å².